The molecule has 1 aliphatic rings. The summed E-state index contributed by atoms with van der Waals surface area (Å²) in [5, 5.41) is 2.92. The van der Waals surface area contributed by atoms with Crippen molar-refractivity contribution in [3.05, 3.63) is 52.3 Å². The highest BCUT2D eigenvalue weighted by molar-refractivity contribution is 5.92. The van der Waals surface area contributed by atoms with Crippen LogP contribution < -0.4 is 15.7 Å². The normalized spacial score (nSPS) is 19.3. The Hall–Kier alpha value is -3.16. The fourth-order valence-electron chi connectivity index (χ4n) is 4.16. The Kier molecular flexibility index (Phi) is 5.08. The third-order valence-corrected chi connectivity index (χ3v) is 5.63. The number of carbonyl (C=O) groups is 1. The van der Waals surface area contributed by atoms with E-state index >= 15 is 0 Å². The maximum absolute atomic E-state index is 13.9. The monoisotopic (exact) mass is 398 g/mol. The molecule has 1 aromatic carbocycles. The number of rotatable bonds is 4. The van der Waals surface area contributed by atoms with Gasteiger partial charge in [-0.25, -0.2) is 14.2 Å². The van der Waals surface area contributed by atoms with Gasteiger partial charge in [0.15, 0.2) is 0 Å². The molecule has 1 fully saturated rings. The van der Waals surface area contributed by atoms with Gasteiger partial charge in [-0.05, 0) is 50.8 Å². The maximum atomic E-state index is 13.9. The Balaban J connectivity index is 1.44. The zero-order valence-corrected chi connectivity index (χ0v) is 16.4. The van der Waals surface area contributed by atoms with Gasteiger partial charge in [-0.3, -0.25) is 9.36 Å². The van der Waals surface area contributed by atoms with Crippen LogP contribution in [0.2, 0.25) is 0 Å². The quantitative estimate of drug-likeness (QED) is 0.703. The average molecular weight is 398 g/mol. The van der Waals surface area contributed by atoms with Crippen LogP contribution in [0.3, 0.4) is 0 Å². The van der Waals surface area contributed by atoms with Crippen LogP contribution in [0.4, 0.5) is 10.1 Å². The lowest BCUT2D eigenvalue weighted by molar-refractivity contribution is -0.121. The number of anilines is 1. The first-order valence-electron chi connectivity index (χ1n) is 9.68. The van der Waals surface area contributed by atoms with E-state index in [-0.39, 0.29) is 29.1 Å². The van der Waals surface area contributed by atoms with E-state index < -0.39 is 5.82 Å². The molecular formula is C21H23FN4O3. The summed E-state index contributed by atoms with van der Waals surface area (Å²) in [6.45, 7) is 1.87. The molecule has 4 rings (SSSR count). The number of hydrogen-bond acceptors (Lipinski definition) is 4. The summed E-state index contributed by atoms with van der Waals surface area (Å²) in [4.78, 5) is 31.8. The molecule has 0 unspecified atom stereocenters. The van der Waals surface area contributed by atoms with Crippen LogP contribution in [0.15, 0.2) is 35.3 Å². The highest BCUT2D eigenvalue weighted by Crippen LogP contribution is 2.34. The number of benzene rings is 1. The predicted octanol–water partition coefficient (Wildman–Crippen LogP) is 3.55. The minimum atomic E-state index is -0.435. The topological polar surface area (TPSA) is 89.0 Å². The summed E-state index contributed by atoms with van der Waals surface area (Å²) in [5.41, 5.74) is 1.99. The average Bonchev–Trinajstić information content (AvgIpc) is 3.05. The van der Waals surface area contributed by atoms with Crippen LogP contribution in [0, 0.1) is 18.7 Å². The highest BCUT2D eigenvalue weighted by Gasteiger charge is 2.29. The van der Waals surface area contributed by atoms with Gasteiger partial charge in [-0.2, -0.15) is 0 Å². The molecule has 0 radical (unpaired) electrons. The number of amides is 1. The van der Waals surface area contributed by atoms with Gasteiger partial charge in [0.2, 0.25) is 11.8 Å². The fourth-order valence-corrected chi connectivity index (χ4v) is 4.16. The minimum Gasteiger partial charge on any atom is -0.481 e. The lowest BCUT2D eigenvalue weighted by Crippen LogP contribution is -2.31. The molecule has 1 amide bonds. The van der Waals surface area contributed by atoms with Gasteiger partial charge >= 0.3 is 5.69 Å². The molecule has 2 N–H and O–H groups in total. The number of aryl methyl sites for hydroxylation is 1. The van der Waals surface area contributed by atoms with Crippen LogP contribution in [-0.4, -0.2) is 27.6 Å². The molecule has 0 spiro atoms. The largest absolute Gasteiger partial charge is 0.481 e. The predicted molar refractivity (Wildman–Crippen MR) is 108 cm³/mol. The third-order valence-electron chi connectivity index (χ3n) is 5.63. The van der Waals surface area contributed by atoms with E-state index in [1.54, 1.807) is 30.0 Å². The summed E-state index contributed by atoms with van der Waals surface area (Å²) >= 11 is 0. The molecule has 2 heterocycles. The second-order valence-electron chi connectivity index (χ2n) is 7.48. The van der Waals surface area contributed by atoms with Crippen molar-refractivity contribution in [2.75, 3.05) is 12.4 Å². The zero-order chi connectivity index (χ0) is 20.5. The fraction of sp³-hybridized carbons (Fsp3) is 0.381. The summed E-state index contributed by atoms with van der Waals surface area (Å²) in [6.07, 6.45) is 4.26. The molecule has 0 atom stereocenters. The molecule has 3 aromatic rings. The number of ether oxygens (including phenoxy) is 1. The standard InChI is InChI=1S/C21H23FN4O3/c1-12-10-14(11-23-20(12)29-2)24-19(27)13-6-8-15(9-7-13)26-17-5-3-4-16(22)18(17)25-21(26)28/h3-5,10-11,13,15H,6-9H2,1-2H3,(H,24,27)(H,25,28). The smallest absolute Gasteiger partial charge is 0.326 e. The Morgan fingerprint density at radius 2 is 2.07 bits per heavy atom. The van der Waals surface area contributed by atoms with Crippen LogP contribution in [0.5, 0.6) is 5.88 Å². The molecular weight excluding hydrogens is 375 g/mol. The van der Waals surface area contributed by atoms with Gasteiger partial charge < -0.3 is 15.0 Å². The summed E-state index contributed by atoms with van der Waals surface area (Å²) in [5.74, 6) is -0.0858. The van der Waals surface area contributed by atoms with Crippen molar-refractivity contribution in [3.63, 3.8) is 0 Å². The van der Waals surface area contributed by atoms with Crippen LogP contribution in [0.25, 0.3) is 11.0 Å². The molecule has 2 aromatic heterocycles. The van der Waals surface area contributed by atoms with Crippen molar-refractivity contribution in [2.45, 2.75) is 38.6 Å². The zero-order valence-electron chi connectivity index (χ0n) is 16.4. The number of methoxy groups -OCH3 is 1. The third kappa shape index (κ3) is 3.62. The van der Waals surface area contributed by atoms with Crippen LogP contribution in [0.1, 0.15) is 37.3 Å². The number of fused-ring (bicyclic) bond motifs is 1. The SMILES string of the molecule is COc1ncc(NC(=O)C2CCC(n3c(=O)[nH]c4c(F)cccc43)CC2)cc1C. The minimum absolute atomic E-state index is 0.0489. The number of imidazole rings is 1. The number of aromatic amines is 1. The second kappa shape index (κ2) is 7.69. The van der Waals surface area contributed by atoms with Crippen molar-refractivity contribution < 1.29 is 13.9 Å². The van der Waals surface area contributed by atoms with Crippen molar-refractivity contribution in [2.24, 2.45) is 5.92 Å². The van der Waals surface area contributed by atoms with Gasteiger partial charge in [0.25, 0.3) is 0 Å². The summed E-state index contributed by atoms with van der Waals surface area (Å²) in [7, 11) is 1.56. The Labute approximate surface area is 166 Å². The number of aromatic nitrogens is 3. The van der Waals surface area contributed by atoms with Gasteiger partial charge in [-0.1, -0.05) is 6.07 Å². The van der Waals surface area contributed by atoms with E-state index in [1.807, 2.05) is 13.0 Å². The van der Waals surface area contributed by atoms with Crippen molar-refractivity contribution >= 4 is 22.6 Å². The Bertz CT molecular complexity index is 1110. The molecule has 0 saturated heterocycles. The molecule has 1 aliphatic carbocycles. The van der Waals surface area contributed by atoms with E-state index in [4.69, 9.17) is 4.74 Å². The van der Waals surface area contributed by atoms with Gasteiger partial charge in [0, 0.05) is 17.5 Å². The number of H-pyrrole nitrogens is 1. The van der Waals surface area contributed by atoms with Gasteiger partial charge in [-0.15, -0.1) is 0 Å². The first-order chi connectivity index (χ1) is 14.0. The van der Waals surface area contributed by atoms with Gasteiger partial charge in [0.1, 0.15) is 11.3 Å². The molecule has 0 bridgehead atoms. The number of carbonyl (C=O) groups excluding carboxylic acids is 1. The molecule has 0 aliphatic heterocycles. The summed E-state index contributed by atoms with van der Waals surface area (Å²) in [6, 6.07) is 6.46. The van der Waals surface area contributed by atoms with E-state index in [0.29, 0.717) is 42.8 Å². The summed E-state index contributed by atoms with van der Waals surface area (Å²) < 4.78 is 20.7. The number of halogens is 1. The van der Waals surface area contributed by atoms with E-state index in [2.05, 4.69) is 15.3 Å². The van der Waals surface area contributed by atoms with E-state index in [1.165, 1.54) is 6.07 Å². The number of nitrogens with one attached hydrogen (secondary N) is 2. The Morgan fingerprint density at radius 3 is 2.76 bits per heavy atom. The molecule has 7 nitrogen and oxygen atoms in total. The van der Waals surface area contributed by atoms with Gasteiger partial charge in [0.05, 0.1) is 24.5 Å². The van der Waals surface area contributed by atoms with Crippen molar-refractivity contribution in [1.82, 2.24) is 14.5 Å². The van der Waals surface area contributed by atoms with E-state index in [0.717, 1.165) is 5.56 Å². The number of hydrogen-bond donors (Lipinski definition) is 2. The van der Waals surface area contributed by atoms with Crippen molar-refractivity contribution in [1.29, 1.82) is 0 Å². The molecule has 29 heavy (non-hydrogen) atoms. The first-order valence-corrected chi connectivity index (χ1v) is 9.68. The van der Waals surface area contributed by atoms with E-state index in [9.17, 15) is 14.0 Å². The maximum Gasteiger partial charge on any atom is 0.326 e. The first kappa shape index (κ1) is 19.2. The molecule has 8 heteroatoms. The number of pyridine rings is 1. The lowest BCUT2D eigenvalue weighted by Gasteiger charge is -2.28. The van der Waals surface area contributed by atoms with Crippen LogP contribution in [-0.2, 0) is 4.79 Å². The molecule has 152 valence electrons. The lowest BCUT2D eigenvalue weighted by atomic mass is 9.85. The number of para-hydroxylation sites is 1. The highest BCUT2D eigenvalue weighted by atomic mass is 19.1. The second-order valence-corrected chi connectivity index (χ2v) is 7.48. The molecule has 1 saturated carbocycles. The van der Waals surface area contributed by atoms with Crippen LogP contribution >= 0.6 is 0 Å². The van der Waals surface area contributed by atoms with Crippen molar-refractivity contribution in [3.8, 4) is 5.88 Å². The number of nitrogens with zero attached hydrogens (tertiary/aromatic N) is 2. The Morgan fingerprint density at radius 1 is 1.31 bits per heavy atom.